The van der Waals surface area contributed by atoms with E-state index in [1.54, 1.807) is 0 Å². The van der Waals surface area contributed by atoms with Crippen LogP contribution in [0.5, 0.6) is 0 Å². The van der Waals surface area contributed by atoms with Crippen molar-refractivity contribution in [3.63, 3.8) is 0 Å². The van der Waals surface area contributed by atoms with E-state index < -0.39 is 0 Å². The fourth-order valence-corrected chi connectivity index (χ4v) is 11.5. The number of rotatable bonds is 10. The first-order valence-electron chi connectivity index (χ1n) is 26.4. The molecule has 0 saturated heterocycles. The van der Waals surface area contributed by atoms with Crippen LogP contribution in [0.25, 0.3) is 111 Å². The molecule has 0 heteroatoms. The van der Waals surface area contributed by atoms with Crippen LogP contribution in [-0.4, -0.2) is 0 Å². The minimum absolute atomic E-state index is 1.16. The van der Waals surface area contributed by atoms with Crippen molar-refractivity contribution in [2.75, 3.05) is 0 Å². The molecular weight excluding hydrogens is 913 g/mol. The van der Waals surface area contributed by atoms with Gasteiger partial charge in [0, 0.05) is 0 Å². The first kappa shape index (κ1) is 46.2. The van der Waals surface area contributed by atoms with Crippen molar-refractivity contribution in [1.29, 1.82) is 0 Å². The Bertz CT molecular complexity index is 4000. The lowest BCUT2D eigenvalue weighted by atomic mass is 9.81. The van der Waals surface area contributed by atoms with Gasteiger partial charge in [0.2, 0.25) is 0 Å². The van der Waals surface area contributed by atoms with E-state index in [0.717, 1.165) is 11.1 Å². The number of benzene rings is 13. The first-order valence-corrected chi connectivity index (χ1v) is 26.4. The van der Waals surface area contributed by atoms with Crippen molar-refractivity contribution < 1.29 is 0 Å². The first-order chi connectivity index (χ1) is 37.5. The molecule has 13 aromatic carbocycles. The summed E-state index contributed by atoms with van der Waals surface area (Å²) >= 11 is 0. The second-order valence-electron chi connectivity index (χ2n) is 20.1. The van der Waals surface area contributed by atoms with Gasteiger partial charge in [0.25, 0.3) is 0 Å². The molecule has 0 bridgehead atoms. The van der Waals surface area contributed by atoms with Gasteiger partial charge in [-0.2, -0.15) is 0 Å². The van der Waals surface area contributed by atoms with E-state index in [9.17, 15) is 0 Å². The van der Waals surface area contributed by atoms with E-state index in [1.165, 1.54) is 132 Å². The highest BCUT2D eigenvalue weighted by Gasteiger charge is 2.21. The monoisotopic (exact) mass is 966 g/mol. The summed E-state index contributed by atoms with van der Waals surface area (Å²) in [5.41, 5.74) is 21.7. The topological polar surface area (TPSA) is 0 Å². The zero-order valence-corrected chi connectivity index (χ0v) is 42.7. The minimum Gasteiger partial charge on any atom is -0.0622 e. The normalized spacial score (nSPS) is 11.3. The summed E-state index contributed by atoms with van der Waals surface area (Å²) in [6.45, 7) is 4.57. The van der Waals surface area contributed by atoms with E-state index in [-0.39, 0.29) is 0 Å². The summed E-state index contributed by atoms with van der Waals surface area (Å²) in [5.74, 6) is 0. The van der Waals surface area contributed by atoms with Crippen molar-refractivity contribution in [1.82, 2.24) is 0 Å². The van der Waals surface area contributed by atoms with Crippen molar-refractivity contribution in [2.24, 2.45) is 0 Å². The maximum absolute atomic E-state index is 2.46. The van der Waals surface area contributed by atoms with Crippen LogP contribution in [0.1, 0.15) is 44.5 Å². The molecule has 0 aliphatic heterocycles. The van der Waals surface area contributed by atoms with Crippen molar-refractivity contribution in [3.8, 4) is 44.5 Å². The Labute approximate surface area is 445 Å². The average molecular weight is 967 g/mol. The Morgan fingerprint density at radius 1 is 0.250 bits per heavy atom. The molecule has 0 saturated carbocycles. The fourth-order valence-electron chi connectivity index (χ4n) is 11.5. The number of aryl methyl sites for hydroxylation is 2. The van der Waals surface area contributed by atoms with E-state index in [0.29, 0.717) is 0 Å². The lowest BCUT2D eigenvalue weighted by molar-refractivity contribution is 1.45. The third kappa shape index (κ3) is 8.91. The number of hydrogen-bond acceptors (Lipinski definition) is 0. The van der Waals surface area contributed by atoms with Gasteiger partial charge in [0.15, 0.2) is 0 Å². The lowest BCUT2D eigenvalue weighted by Gasteiger charge is -2.22. The number of hydrogen-bond donors (Lipinski definition) is 0. The molecule has 13 rings (SSSR count). The van der Waals surface area contributed by atoms with E-state index in [4.69, 9.17) is 0 Å². The maximum atomic E-state index is 2.46. The summed E-state index contributed by atoms with van der Waals surface area (Å²) in [6, 6.07) is 103. The highest BCUT2D eigenvalue weighted by molar-refractivity contribution is 6.23. The van der Waals surface area contributed by atoms with Gasteiger partial charge in [-0.15, -0.1) is 0 Å². The van der Waals surface area contributed by atoms with E-state index in [2.05, 4.69) is 305 Å². The van der Waals surface area contributed by atoms with Crippen molar-refractivity contribution >= 4 is 66.4 Å². The Hall–Kier alpha value is -9.62. The number of fused-ring (bicyclic) bond motifs is 4. The highest BCUT2D eigenvalue weighted by Crippen LogP contribution is 2.48. The summed E-state index contributed by atoms with van der Waals surface area (Å²) in [4.78, 5) is 0. The summed E-state index contributed by atoms with van der Waals surface area (Å²) in [6.07, 6.45) is 4.69. The van der Waals surface area contributed by atoms with Gasteiger partial charge in [-0.1, -0.05) is 255 Å². The summed E-state index contributed by atoms with van der Waals surface area (Å²) in [7, 11) is 0. The van der Waals surface area contributed by atoms with Gasteiger partial charge in [-0.3, -0.25) is 0 Å². The third-order valence-electron chi connectivity index (χ3n) is 15.3. The van der Waals surface area contributed by atoms with Crippen LogP contribution in [0.4, 0.5) is 0 Å². The Morgan fingerprint density at radius 2 is 0.566 bits per heavy atom. The molecule has 0 fully saturated rings. The van der Waals surface area contributed by atoms with Gasteiger partial charge in [-0.25, -0.2) is 0 Å². The van der Waals surface area contributed by atoms with Crippen LogP contribution in [0.15, 0.2) is 279 Å². The lowest BCUT2D eigenvalue weighted by Crippen LogP contribution is -1.96. The van der Waals surface area contributed by atoms with Gasteiger partial charge in [0.1, 0.15) is 0 Å². The molecule has 358 valence electrons. The molecule has 0 radical (unpaired) electrons. The zero-order chi connectivity index (χ0) is 51.0. The van der Waals surface area contributed by atoms with Crippen LogP contribution < -0.4 is 0 Å². The van der Waals surface area contributed by atoms with Crippen LogP contribution in [0, 0.1) is 13.8 Å². The Kier molecular flexibility index (Phi) is 12.2. The van der Waals surface area contributed by atoms with Crippen LogP contribution in [0.3, 0.4) is 0 Å². The van der Waals surface area contributed by atoms with Crippen LogP contribution in [-0.2, 0) is 0 Å². The SMILES string of the molecule is Cc1cc(C=C(c2ccccc2)c2ccccc2)ccc1-c1c2ccc(-c3ccc4ccccc4c3)cc2c(-c2ccc(C=C(c3ccccc3)c3ccccc3)cc2C)c2ccc(-c3ccc4ccccc4c3)cc12. The molecule has 0 amide bonds. The standard InChI is InChI=1S/C76H54/c1-51-43-53(45-71(57-21-7-3-8-22-57)58-23-9-4-10-24-58)31-39-67(51)75-69-41-37-66(64-36-34-56-20-16-18-30-62(56)48-64)50-74(69)76(70-42-38-65(49-73(70)75)63-35-33-55-19-15-17-29-61(55)47-63)68-40-32-54(44-52(68)2)46-72(59-25-11-5-12-26-59)60-27-13-6-14-28-60/h3-50H,1-2H3. The predicted octanol–water partition coefficient (Wildman–Crippen LogP) is 20.8. The third-order valence-corrected chi connectivity index (χ3v) is 15.3. The van der Waals surface area contributed by atoms with Gasteiger partial charge < -0.3 is 0 Å². The van der Waals surface area contributed by atoms with Gasteiger partial charge in [-0.05, 0) is 194 Å². The summed E-state index contributed by atoms with van der Waals surface area (Å²) < 4.78 is 0. The Balaban J connectivity index is 1.06. The smallest absolute Gasteiger partial charge is 0.00235 e. The second kappa shape index (κ2) is 20.0. The van der Waals surface area contributed by atoms with Crippen LogP contribution >= 0.6 is 0 Å². The molecule has 0 unspecified atom stereocenters. The van der Waals surface area contributed by atoms with Crippen LogP contribution in [0.2, 0.25) is 0 Å². The van der Waals surface area contributed by atoms with Gasteiger partial charge >= 0.3 is 0 Å². The predicted molar refractivity (Wildman–Crippen MR) is 327 cm³/mol. The molecule has 0 N–H and O–H groups in total. The maximum Gasteiger partial charge on any atom is -0.00235 e. The molecule has 0 atom stereocenters. The van der Waals surface area contributed by atoms with E-state index in [1.807, 2.05) is 0 Å². The molecular formula is C76H54. The molecule has 0 aromatic heterocycles. The quantitative estimate of drug-likeness (QED) is 0.0946. The largest absolute Gasteiger partial charge is 0.0622 e. The highest BCUT2D eigenvalue weighted by atomic mass is 14.2. The van der Waals surface area contributed by atoms with E-state index >= 15 is 0 Å². The molecule has 13 aromatic rings. The molecule has 0 spiro atoms. The van der Waals surface area contributed by atoms with Crippen molar-refractivity contribution in [2.45, 2.75) is 13.8 Å². The molecule has 0 aliphatic rings. The van der Waals surface area contributed by atoms with Crippen molar-refractivity contribution in [3.05, 3.63) is 324 Å². The van der Waals surface area contributed by atoms with Gasteiger partial charge in [0.05, 0.1) is 0 Å². The molecule has 0 nitrogen and oxygen atoms in total. The summed E-state index contributed by atoms with van der Waals surface area (Å²) in [5, 5.41) is 9.85. The molecule has 0 heterocycles. The molecule has 0 aliphatic carbocycles. The second-order valence-corrected chi connectivity index (χ2v) is 20.1. The zero-order valence-electron chi connectivity index (χ0n) is 42.7. The Morgan fingerprint density at radius 3 is 0.921 bits per heavy atom. The average Bonchev–Trinajstić information content (AvgIpc) is 3.49. The fraction of sp³-hybridized carbons (Fsp3) is 0.0263. The molecule has 76 heavy (non-hydrogen) atoms. The minimum atomic E-state index is 1.16.